The van der Waals surface area contributed by atoms with Gasteiger partial charge in [0.15, 0.2) is 0 Å². The average molecular weight is 287 g/mol. The highest BCUT2D eigenvalue weighted by molar-refractivity contribution is 5.85. The predicted octanol–water partition coefficient (Wildman–Crippen LogP) is 3.60. The number of carboxylic acid groups (broad SMARTS) is 1. The van der Waals surface area contributed by atoms with Crippen LogP contribution in [0.1, 0.15) is 43.9 Å². The molecule has 0 radical (unpaired) electrons. The van der Waals surface area contributed by atoms with E-state index in [1.165, 1.54) is 10.9 Å². The Bertz CT molecular complexity index is 661. The molecule has 1 aliphatic rings. The van der Waals surface area contributed by atoms with Crippen molar-refractivity contribution in [1.29, 1.82) is 0 Å². The highest BCUT2D eigenvalue weighted by atomic mass is 16.5. The fraction of sp³-hybridized carbons (Fsp3) is 0.471. The van der Waals surface area contributed by atoms with Crippen LogP contribution in [-0.4, -0.2) is 22.7 Å². The Morgan fingerprint density at radius 2 is 2.24 bits per heavy atom. The van der Waals surface area contributed by atoms with E-state index in [-0.39, 0.29) is 6.42 Å². The predicted molar refractivity (Wildman–Crippen MR) is 81.4 cm³/mol. The first-order valence-corrected chi connectivity index (χ1v) is 7.62. The summed E-state index contributed by atoms with van der Waals surface area (Å²) in [5.41, 5.74) is 2.58. The summed E-state index contributed by atoms with van der Waals surface area (Å²) in [6.45, 7) is 2.70. The molecule has 21 heavy (non-hydrogen) atoms. The summed E-state index contributed by atoms with van der Waals surface area (Å²) in [5.74, 6) is -0.808. The van der Waals surface area contributed by atoms with E-state index in [2.05, 4.69) is 18.0 Å². The van der Waals surface area contributed by atoms with Gasteiger partial charge >= 0.3 is 5.97 Å². The maximum absolute atomic E-state index is 11.4. The summed E-state index contributed by atoms with van der Waals surface area (Å²) < 4.78 is 6.02. The third-order valence-electron chi connectivity index (χ3n) is 4.37. The molecule has 1 aromatic carbocycles. The number of H-pyrrole nitrogens is 1. The Morgan fingerprint density at radius 3 is 3.00 bits per heavy atom. The summed E-state index contributed by atoms with van der Waals surface area (Å²) >= 11 is 0. The molecule has 0 aliphatic carbocycles. The number of ether oxygens (including phenoxy) is 1. The zero-order chi connectivity index (χ0) is 14.9. The topological polar surface area (TPSA) is 62.3 Å². The van der Waals surface area contributed by atoms with Crippen LogP contribution in [-0.2, 0) is 21.6 Å². The number of hydrogen-bond donors (Lipinski definition) is 2. The quantitative estimate of drug-likeness (QED) is 0.883. The lowest BCUT2D eigenvalue weighted by Gasteiger charge is -2.36. The molecule has 0 saturated heterocycles. The Labute approximate surface area is 124 Å². The molecule has 0 bridgehead atoms. The number of aromatic nitrogens is 1. The molecule has 4 nitrogen and oxygen atoms in total. The minimum atomic E-state index is -0.808. The Hall–Kier alpha value is -1.81. The number of rotatable bonds is 5. The van der Waals surface area contributed by atoms with Crippen molar-refractivity contribution in [3.05, 3.63) is 35.5 Å². The van der Waals surface area contributed by atoms with Crippen LogP contribution in [0, 0.1) is 0 Å². The lowest BCUT2D eigenvalue weighted by Crippen LogP contribution is -2.38. The van der Waals surface area contributed by atoms with E-state index in [0.29, 0.717) is 6.61 Å². The van der Waals surface area contributed by atoms with Gasteiger partial charge in [-0.25, -0.2) is 0 Å². The number of carboxylic acids is 1. The molecular weight excluding hydrogens is 266 g/mol. The largest absolute Gasteiger partial charge is 0.481 e. The van der Waals surface area contributed by atoms with E-state index >= 15 is 0 Å². The average Bonchev–Trinajstić information content (AvgIpc) is 2.85. The molecule has 2 heterocycles. The number of nitrogens with one attached hydrogen (secondary N) is 1. The van der Waals surface area contributed by atoms with Crippen molar-refractivity contribution in [3.8, 4) is 0 Å². The van der Waals surface area contributed by atoms with Gasteiger partial charge in [-0.05, 0) is 24.5 Å². The maximum atomic E-state index is 11.4. The van der Waals surface area contributed by atoms with Crippen molar-refractivity contribution in [2.24, 2.45) is 0 Å². The van der Waals surface area contributed by atoms with E-state index in [1.807, 2.05) is 18.2 Å². The molecule has 0 amide bonds. The lowest BCUT2D eigenvalue weighted by molar-refractivity contribution is -0.149. The van der Waals surface area contributed by atoms with Crippen molar-refractivity contribution in [2.45, 2.75) is 44.6 Å². The SMILES string of the molecule is CCCC[C@]1(CC(=O)O)OCCc2c1[nH]c1ccccc21. The van der Waals surface area contributed by atoms with Crippen molar-refractivity contribution < 1.29 is 14.6 Å². The number of hydrogen-bond acceptors (Lipinski definition) is 2. The summed E-state index contributed by atoms with van der Waals surface area (Å²) in [6, 6.07) is 8.16. The second kappa shape index (κ2) is 5.53. The molecule has 2 aromatic rings. The normalized spacial score (nSPS) is 21.4. The van der Waals surface area contributed by atoms with Crippen molar-refractivity contribution >= 4 is 16.9 Å². The van der Waals surface area contributed by atoms with Gasteiger partial charge in [-0.2, -0.15) is 0 Å². The molecule has 112 valence electrons. The van der Waals surface area contributed by atoms with E-state index in [0.717, 1.165) is 36.9 Å². The van der Waals surface area contributed by atoms with Gasteiger partial charge in [-0.1, -0.05) is 38.0 Å². The first-order chi connectivity index (χ1) is 10.2. The van der Waals surface area contributed by atoms with Crippen LogP contribution in [0.15, 0.2) is 24.3 Å². The fourth-order valence-corrected chi connectivity index (χ4v) is 3.40. The van der Waals surface area contributed by atoms with Gasteiger partial charge in [-0.15, -0.1) is 0 Å². The van der Waals surface area contributed by atoms with E-state index in [4.69, 9.17) is 4.74 Å². The zero-order valence-corrected chi connectivity index (χ0v) is 12.3. The van der Waals surface area contributed by atoms with E-state index in [1.54, 1.807) is 0 Å². The smallest absolute Gasteiger partial charge is 0.306 e. The maximum Gasteiger partial charge on any atom is 0.306 e. The molecular formula is C17H21NO3. The first-order valence-electron chi connectivity index (χ1n) is 7.62. The van der Waals surface area contributed by atoms with Crippen LogP contribution >= 0.6 is 0 Å². The molecule has 0 fully saturated rings. The number of unbranched alkanes of at least 4 members (excludes halogenated alkanes) is 1. The van der Waals surface area contributed by atoms with Crippen LogP contribution < -0.4 is 0 Å². The van der Waals surface area contributed by atoms with E-state index < -0.39 is 11.6 Å². The van der Waals surface area contributed by atoms with Gasteiger partial charge in [0.2, 0.25) is 0 Å². The molecule has 3 rings (SSSR count). The molecule has 4 heteroatoms. The number of aliphatic carboxylic acids is 1. The van der Waals surface area contributed by atoms with Crippen LogP contribution in [0.5, 0.6) is 0 Å². The standard InChI is InChI=1S/C17H21NO3/c1-2-3-9-17(11-15(19)20)16-13(8-10-21-17)12-6-4-5-7-14(12)18-16/h4-7,18H,2-3,8-11H2,1H3,(H,19,20)/t17-/m1/s1. The van der Waals surface area contributed by atoms with Crippen LogP contribution in [0.3, 0.4) is 0 Å². The number of benzene rings is 1. The molecule has 2 N–H and O–H groups in total. The lowest BCUT2D eigenvalue weighted by atomic mass is 9.84. The summed E-state index contributed by atoms with van der Waals surface area (Å²) in [7, 11) is 0. The van der Waals surface area contributed by atoms with Crippen molar-refractivity contribution in [2.75, 3.05) is 6.61 Å². The molecule has 1 aromatic heterocycles. The second-order valence-corrected chi connectivity index (χ2v) is 5.79. The fourth-order valence-electron chi connectivity index (χ4n) is 3.40. The van der Waals surface area contributed by atoms with Gasteiger partial charge < -0.3 is 14.8 Å². The van der Waals surface area contributed by atoms with Gasteiger partial charge in [0.25, 0.3) is 0 Å². The highest BCUT2D eigenvalue weighted by Crippen LogP contribution is 2.42. The van der Waals surface area contributed by atoms with Gasteiger partial charge in [0, 0.05) is 10.9 Å². The summed E-state index contributed by atoms with van der Waals surface area (Å²) in [4.78, 5) is 14.8. The minimum Gasteiger partial charge on any atom is -0.481 e. The second-order valence-electron chi connectivity index (χ2n) is 5.79. The monoisotopic (exact) mass is 287 g/mol. The van der Waals surface area contributed by atoms with Crippen LogP contribution in [0.25, 0.3) is 10.9 Å². The van der Waals surface area contributed by atoms with Crippen LogP contribution in [0.4, 0.5) is 0 Å². The third-order valence-corrected chi connectivity index (χ3v) is 4.37. The molecule has 1 atom stereocenters. The molecule has 1 aliphatic heterocycles. The zero-order valence-electron chi connectivity index (χ0n) is 12.3. The number of para-hydroxylation sites is 1. The molecule has 0 saturated carbocycles. The molecule has 0 unspecified atom stereocenters. The Balaban J connectivity index is 2.12. The van der Waals surface area contributed by atoms with Crippen molar-refractivity contribution in [3.63, 3.8) is 0 Å². The highest BCUT2D eigenvalue weighted by Gasteiger charge is 2.41. The third kappa shape index (κ3) is 2.44. The van der Waals surface area contributed by atoms with Crippen LogP contribution in [0.2, 0.25) is 0 Å². The minimum absolute atomic E-state index is 0.0207. The first kappa shape index (κ1) is 14.1. The number of aromatic amines is 1. The summed E-state index contributed by atoms with van der Waals surface area (Å²) in [5, 5.41) is 10.5. The molecule has 0 spiro atoms. The Kier molecular flexibility index (Phi) is 3.72. The van der Waals surface area contributed by atoms with Gasteiger partial charge in [-0.3, -0.25) is 4.79 Å². The summed E-state index contributed by atoms with van der Waals surface area (Å²) in [6.07, 6.45) is 3.59. The van der Waals surface area contributed by atoms with Gasteiger partial charge in [0.05, 0.1) is 18.7 Å². The number of carbonyl (C=O) groups is 1. The Morgan fingerprint density at radius 1 is 1.43 bits per heavy atom. The van der Waals surface area contributed by atoms with Crippen molar-refractivity contribution in [1.82, 2.24) is 4.98 Å². The van der Waals surface area contributed by atoms with E-state index in [9.17, 15) is 9.90 Å². The number of fused-ring (bicyclic) bond motifs is 3. The van der Waals surface area contributed by atoms with Gasteiger partial charge in [0.1, 0.15) is 5.60 Å².